The van der Waals surface area contributed by atoms with Gasteiger partial charge in [-0.15, -0.1) is 0 Å². The van der Waals surface area contributed by atoms with E-state index in [4.69, 9.17) is 0 Å². The second-order valence-electron chi connectivity index (χ2n) is 8.00. The SMILES string of the molecule is CCNC(=NCC(=O)N1CCCC1)NCCN1CCN(C(=O)C2CCC2)CC1. The van der Waals surface area contributed by atoms with Crippen LogP contribution in [0, 0.1) is 5.92 Å². The normalized spacial score (nSPS) is 21.5. The number of piperazine rings is 1. The molecule has 0 bridgehead atoms. The van der Waals surface area contributed by atoms with Crippen LogP contribution in [0.2, 0.25) is 0 Å². The number of amides is 2. The molecule has 158 valence electrons. The molecule has 2 amide bonds. The summed E-state index contributed by atoms with van der Waals surface area (Å²) in [6.07, 6.45) is 5.58. The predicted molar refractivity (Wildman–Crippen MR) is 110 cm³/mol. The number of hydrogen-bond donors (Lipinski definition) is 2. The molecule has 2 heterocycles. The van der Waals surface area contributed by atoms with E-state index in [1.165, 1.54) is 6.42 Å². The lowest BCUT2D eigenvalue weighted by atomic mass is 9.84. The van der Waals surface area contributed by atoms with Crippen molar-refractivity contribution in [1.82, 2.24) is 25.3 Å². The molecule has 0 aromatic carbocycles. The Hall–Kier alpha value is -1.83. The zero-order chi connectivity index (χ0) is 19.8. The van der Waals surface area contributed by atoms with Crippen LogP contribution in [0.5, 0.6) is 0 Å². The molecule has 2 N–H and O–H groups in total. The fourth-order valence-corrected chi connectivity index (χ4v) is 3.99. The Bertz CT molecular complexity index is 549. The first kappa shape index (κ1) is 20.9. The highest BCUT2D eigenvalue weighted by Gasteiger charge is 2.31. The quantitative estimate of drug-likeness (QED) is 0.475. The summed E-state index contributed by atoms with van der Waals surface area (Å²) in [6.45, 7) is 9.97. The number of hydrogen-bond acceptors (Lipinski definition) is 4. The van der Waals surface area contributed by atoms with Crippen molar-refractivity contribution in [1.29, 1.82) is 0 Å². The summed E-state index contributed by atoms with van der Waals surface area (Å²) in [5, 5.41) is 6.54. The number of guanidine groups is 1. The van der Waals surface area contributed by atoms with Gasteiger partial charge in [0, 0.05) is 64.8 Å². The van der Waals surface area contributed by atoms with Gasteiger partial charge in [0.1, 0.15) is 6.54 Å². The third-order valence-corrected chi connectivity index (χ3v) is 6.03. The fraction of sp³-hybridized carbons (Fsp3) is 0.850. The van der Waals surface area contributed by atoms with E-state index in [0.717, 1.165) is 84.6 Å². The molecular weight excluding hydrogens is 356 g/mol. The van der Waals surface area contributed by atoms with Gasteiger partial charge < -0.3 is 20.4 Å². The maximum absolute atomic E-state index is 12.3. The van der Waals surface area contributed by atoms with Crippen molar-refractivity contribution in [3.8, 4) is 0 Å². The summed E-state index contributed by atoms with van der Waals surface area (Å²) in [4.78, 5) is 35.3. The zero-order valence-electron chi connectivity index (χ0n) is 17.3. The van der Waals surface area contributed by atoms with Gasteiger partial charge >= 0.3 is 0 Å². The summed E-state index contributed by atoms with van der Waals surface area (Å²) in [5.74, 6) is 1.49. The average molecular weight is 393 g/mol. The van der Waals surface area contributed by atoms with Crippen molar-refractivity contribution < 1.29 is 9.59 Å². The van der Waals surface area contributed by atoms with Crippen molar-refractivity contribution in [2.75, 3.05) is 65.4 Å². The van der Waals surface area contributed by atoms with Crippen molar-refractivity contribution >= 4 is 17.8 Å². The molecule has 1 saturated carbocycles. The van der Waals surface area contributed by atoms with Crippen molar-refractivity contribution in [3.63, 3.8) is 0 Å². The Morgan fingerprint density at radius 3 is 2.25 bits per heavy atom. The highest BCUT2D eigenvalue weighted by Crippen LogP contribution is 2.28. The van der Waals surface area contributed by atoms with Crippen LogP contribution >= 0.6 is 0 Å². The minimum absolute atomic E-state index is 0.113. The van der Waals surface area contributed by atoms with Gasteiger partial charge in [0.25, 0.3) is 0 Å². The standard InChI is InChI=1S/C20H36N6O2/c1-2-21-20(23-16-18(27)25-9-3-4-10-25)22-8-11-24-12-14-26(15-13-24)19(28)17-6-5-7-17/h17H,2-16H2,1H3,(H2,21,22,23). The van der Waals surface area contributed by atoms with Crippen LogP contribution in [0.1, 0.15) is 39.0 Å². The number of aliphatic imine (C=N–C) groups is 1. The second kappa shape index (κ2) is 10.6. The molecule has 8 nitrogen and oxygen atoms in total. The molecule has 0 unspecified atom stereocenters. The monoisotopic (exact) mass is 392 g/mol. The van der Waals surface area contributed by atoms with E-state index >= 15 is 0 Å². The summed E-state index contributed by atoms with van der Waals surface area (Å²) in [5.41, 5.74) is 0. The predicted octanol–water partition coefficient (Wildman–Crippen LogP) is 0.108. The van der Waals surface area contributed by atoms with Crippen LogP contribution < -0.4 is 10.6 Å². The molecule has 3 aliphatic rings. The smallest absolute Gasteiger partial charge is 0.244 e. The van der Waals surface area contributed by atoms with E-state index in [0.29, 0.717) is 17.8 Å². The van der Waals surface area contributed by atoms with Gasteiger partial charge in [-0.1, -0.05) is 6.42 Å². The molecule has 0 aromatic rings. The Morgan fingerprint density at radius 1 is 0.929 bits per heavy atom. The van der Waals surface area contributed by atoms with E-state index in [1.54, 1.807) is 0 Å². The van der Waals surface area contributed by atoms with Crippen LogP contribution in [0.4, 0.5) is 0 Å². The van der Waals surface area contributed by atoms with Gasteiger partial charge in [0.05, 0.1) is 0 Å². The highest BCUT2D eigenvalue weighted by atomic mass is 16.2. The van der Waals surface area contributed by atoms with Gasteiger partial charge in [0.15, 0.2) is 5.96 Å². The van der Waals surface area contributed by atoms with Crippen molar-refractivity contribution in [2.45, 2.75) is 39.0 Å². The molecule has 1 aliphatic carbocycles. The van der Waals surface area contributed by atoms with Gasteiger partial charge in [0.2, 0.25) is 11.8 Å². The molecule has 28 heavy (non-hydrogen) atoms. The number of nitrogens with one attached hydrogen (secondary N) is 2. The fourth-order valence-electron chi connectivity index (χ4n) is 3.99. The van der Waals surface area contributed by atoms with Crippen molar-refractivity contribution in [3.05, 3.63) is 0 Å². The van der Waals surface area contributed by atoms with E-state index in [-0.39, 0.29) is 12.5 Å². The maximum Gasteiger partial charge on any atom is 0.244 e. The maximum atomic E-state index is 12.3. The summed E-state index contributed by atoms with van der Waals surface area (Å²) >= 11 is 0. The first-order valence-corrected chi connectivity index (χ1v) is 11.0. The third-order valence-electron chi connectivity index (χ3n) is 6.03. The minimum atomic E-state index is 0.113. The minimum Gasteiger partial charge on any atom is -0.357 e. The molecule has 0 radical (unpaired) electrons. The van der Waals surface area contributed by atoms with Crippen LogP contribution in [0.25, 0.3) is 0 Å². The lowest BCUT2D eigenvalue weighted by Gasteiger charge is -2.38. The highest BCUT2D eigenvalue weighted by molar-refractivity contribution is 5.85. The Balaban J connectivity index is 1.34. The van der Waals surface area contributed by atoms with Gasteiger partial charge in [-0.2, -0.15) is 0 Å². The number of carbonyl (C=O) groups is 2. The van der Waals surface area contributed by atoms with Crippen molar-refractivity contribution in [2.24, 2.45) is 10.9 Å². The second-order valence-corrected chi connectivity index (χ2v) is 8.00. The molecule has 3 fully saturated rings. The summed E-state index contributed by atoms with van der Waals surface area (Å²) < 4.78 is 0. The van der Waals surface area contributed by atoms with E-state index < -0.39 is 0 Å². The average Bonchev–Trinajstić information content (AvgIpc) is 3.20. The first-order chi connectivity index (χ1) is 13.7. The summed E-state index contributed by atoms with van der Waals surface area (Å²) in [7, 11) is 0. The third kappa shape index (κ3) is 5.83. The topological polar surface area (TPSA) is 80.3 Å². The van der Waals surface area contributed by atoms with Crippen LogP contribution in [0.3, 0.4) is 0 Å². The largest absolute Gasteiger partial charge is 0.357 e. The summed E-state index contributed by atoms with van der Waals surface area (Å²) in [6, 6.07) is 0. The van der Waals surface area contributed by atoms with Gasteiger partial charge in [-0.05, 0) is 32.6 Å². The molecule has 3 rings (SSSR count). The molecule has 8 heteroatoms. The van der Waals surface area contributed by atoms with Gasteiger partial charge in [-0.3, -0.25) is 14.5 Å². The van der Waals surface area contributed by atoms with Crippen LogP contribution in [0.15, 0.2) is 4.99 Å². The number of likely N-dealkylation sites (tertiary alicyclic amines) is 1. The lowest BCUT2D eigenvalue weighted by Crippen LogP contribution is -2.52. The Morgan fingerprint density at radius 2 is 1.64 bits per heavy atom. The Labute approximate surface area is 168 Å². The van der Waals surface area contributed by atoms with Gasteiger partial charge in [-0.25, -0.2) is 4.99 Å². The first-order valence-electron chi connectivity index (χ1n) is 11.0. The number of carbonyl (C=O) groups excluding carboxylic acids is 2. The van der Waals surface area contributed by atoms with Crippen LogP contribution in [-0.4, -0.2) is 97.9 Å². The molecule has 0 atom stereocenters. The number of rotatable bonds is 7. The van der Waals surface area contributed by atoms with E-state index in [1.807, 2.05) is 16.7 Å². The molecule has 2 aliphatic heterocycles. The zero-order valence-corrected chi connectivity index (χ0v) is 17.3. The van der Waals surface area contributed by atoms with Crippen LogP contribution in [-0.2, 0) is 9.59 Å². The number of nitrogens with zero attached hydrogens (tertiary/aromatic N) is 4. The van der Waals surface area contributed by atoms with E-state index in [2.05, 4.69) is 20.5 Å². The van der Waals surface area contributed by atoms with E-state index in [9.17, 15) is 9.59 Å². The lowest BCUT2D eigenvalue weighted by molar-refractivity contribution is -0.140. The molecule has 2 saturated heterocycles. The molecule has 0 spiro atoms. The molecule has 0 aromatic heterocycles. The Kier molecular flexibility index (Phi) is 7.94. The molecular formula is C20H36N6O2.